The molecule has 0 aliphatic rings. The number of hydrogen-bond acceptors (Lipinski definition) is 1. The zero-order valence-corrected chi connectivity index (χ0v) is 13.0. The summed E-state index contributed by atoms with van der Waals surface area (Å²) in [5, 5.41) is 2.99. The smallest absolute Gasteiger partial charge is 0.226 e. The van der Waals surface area contributed by atoms with Crippen LogP contribution in [0.3, 0.4) is 0 Å². The molecule has 22 heavy (non-hydrogen) atoms. The molecule has 2 aromatic carbocycles. The molecule has 2 heteroatoms. The van der Waals surface area contributed by atoms with Crippen LogP contribution >= 0.6 is 0 Å². The van der Waals surface area contributed by atoms with Crippen molar-refractivity contribution in [1.29, 1.82) is 0 Å². The first kappa shape index (κ1) is 15.8. The SMILES string of the molecule is CC(C)C(=O)NC(=CC=Cc1ccccc1)c1ccccc1. The summed E-state index contributed by atoms with van der Waals surface area (Å²) >= 11 is 0. The second kappa shape index (κ2) is 7.99. The van der Waals surface area contributed by atoms with Crippen molar-refractivity contribution in [2.75, 3.05) is 0 Å². The van der Waals surface area contributed by atoms with Gasteiger partial charge in [0.25, 0.3) is 0 Å². The Morgan fingerprint density at radius 1 is 0.955 bits per heavy atom. The number of amides is 1. The van der Waals surface area contributed by atoms with Crippen LogP contribution in [-0.2, 0) is 4.79 Å². The second-order valence-electron chi connectivity index (χ2n) is 5.36. The van der Waals surface area contributed by atoms with Crippen LogP contribution in [0.2, 0.25) is 0 Å². The number of rotatable bonds is 5. The molecule has 0 heterocycles. The van der Waals surface area contributed by atoms with Gasteiger partial charge in [0.1, 0.15) is 0 Å². The molecule has 1 amide bonds. The highest BCUT2D eigenvalue weighted by Crippen LogP contribution is 2.13. The highest BCUT2D eigenvalue weighted by Gasteiger charge is 2.09. The van der Waals surface area contributed by atoms with E-state index in [0.717, 1.165) is 16.8 Å². The topological polar surface area (TPSA) is 29.1 Å². The van der Waals surface area contributed by atoms with Crippen LogP contribution in [0.4, 0.5) is 0 Å². The number of carbonyl (C=O) groups is 1. The molecule has 0 fully saturated rings. The lowest BCUT2D eigenvalue weighted by Gasteiger charge is -2.11. The van der Waals surface area contributed by atoms with Crippen molar-refractivity contribution in [1.82, 2.24) is 5.32 Å². The van der Waals surface area contributed by atoms with E-state index in [1.165, 1.54) is 0 Å². The van der Waals surface area contributed by atoms with Crippen LogP contribution in [-0.4, -0.2) is 5.91 Å². The zero-order chi connectivity index (χ0) is 15.8. The predicted octanol–water partition coefficient (Wildman–Crippen LogP) is 4.51. The van der Waals surface area contributed by atoms with Crippen LogP contribution in [0, 0.1) is 5.92 Å². The fourth-order valence-electron chi connectivity index (χ4n) is 1.92. The van der Waals surface area contributed by atoms with Gasteiger partial charge in [-0.15, -0.1) is 0 Å². The lowest BCUT2D eigenvalue weighted by molar-refractivity contribution is -0.122. The van der Waals surface area contributed by atoms with Gasteiger partial charge in [-0.05, 0) is 17.2 Å². The third-order valence-electron chi connectivity index (χ3n) is 3.22. The van der Waals surface area contributed by atoms with Gasteiger partial charge in [-0.25, -0.2) is 0 Å². The highest BCUT2D eigenvalue weighted by molar-refractivity contribution is 5.88. The highest BCUT2D eigenvalue weighted by atomic mass is 16.1. The fraction of sp³-hybridized carbons (Fsp3) is 0.150. The van der Waals surface area contributed by atoms with Crippen LogP contribution in [0.15, 0.2) is 72.8 Å². The van der Waals surface area contributed by atoms with Crippen molar-refractivity contribution in [3.05, 3.63) is 83.9 Å². The average Bonchev–Trinajstić information content (AvgIpc) is 2.55. The van der Waals surface area contributed by atoms with Gasteiger partial charge in [0.15, 0.2) is 0 Å². The molecule has 0 aliphatic heterocycles. The Labute approximate surface area is 132 Å². The lowest BCUT2D eigenvalue weighted by atomic mass is 10.1. The van der Waals surface area contributed by atoms with Crippen molar-refractivity contribution in [2.24, 2.45) is 5.92 Å². The molecular formula is C20H21NO. The second-order valence-corrected chi connectivity index (χ2v) is 5.36. The summed E-state index contributed by atoms with van der Waals surface area (Å²) in [5.74, 6) is -0.0339. The maximum atomic E-state index is 12.0. The van der Waals surface area contributed by atoms with E-state index in [-0.39, 0.29) is 11.8 Å². The zero-order valence-electron chi connectivity index (χ0n) is 13.0. The van der Waals surface area contributed by atoms with Gasteiger partial charge in [-0.3, -0.25) is 4.79 Å². The van der Waals surface area contributed by atoms with Crippen molar-refractivity contribution in [2.45, 2.75) is 13.8 Å². The molecule has 2 aromatic rings. The van der Waals surface area contributed by atoms with Crippen molar-refractivity contribution >= 4 is 17.7 Å². The predicted molar refractivity (Wildman–Crippen MR) is 92.9 cm³/mol. The van der Waals surface area contributed by atoms with Crippen LogP contribution < -0.4 is 5.32 Å². The summed E-state index contributed by atoms with van der Waals surface area (Å²) in [5.41, 5.74) is 2.93. The van der Waals surface area contributed by atoms with Gasteiger partial charge in [0, 0.05) is 11.6 Å². The van der Waals surface area contributed by atoms with Crippen molar-refractivity contribution < 1.29 is 4.79 Å². The fourth-order valence-corrected chi connectivity index (χ4v) is 1.92. The van der Waals surface area contributed by atoms with E-state index in [1.807, 2.05) is 92.7 Å². The normalized spacial score (nSPS) is 11.9. The van der Waals surface area contributed by atoms with E-state index in [4.69, 9.17) is 0 Å². The van der Waals surface area contributed by atoms with E-state index in [9.17, 15) is 4.79 Å². The molecule has 112 valence electrons. The molecule has 2 nitrogen and oxygen atoms in total. The molecule has 0 spiro atoms. The average molecular weight is 291 g/mol. The number of benzene rings is 2. The lowest BCUT2D eigenvalue weighted by Crippen LogP contribution is -2.26. The third-order valence-corrected chi connectivity index (χ3v) is 3.22. The molecule has 2 rings (SSSR count). The molecule has 0 aliphatic carbocycles. The Hall–Kier alpha value is -2.61. The van der Waals surface area contributed by atoms with Gasteiger partial charge < -0.3 is 5.32 Å². The molecule has 0 aromatic heterocycles. The Morgan fingerprint density at radius 3 is 2.14 bits per heavy atom. The molecule has 0 bridgehead atoms. The summed E-state index contributed by atoms with van der Waals surface area (Å²) in [6.07, 6.45) is 5.91. The quantitative estimate of drug-likeness (QED) is 0.807. The standard InChI is InChI=1S/C20H21NO/c1-16(2)20(22)21-19(18-13-7-4-8-14-18)15-9-12-17-10-5-3-6-11-17/h3-16H,1-2H3,(H,21,22). The first-order chi connectivity index (χ1) is 10.7. The van der Waals surface area contributed by atoms with Gasteiger partial charge >= 0.3 is 0 Å². The molecular weight excluding hydrogens is 270 g/mol. The number of hydrogen-bond donors (Lipinski definition) is 1. The van der Waals surface area contributed by atoms with Gasteiger partial charge in [0.2, 0.25) is 5.91 Å². The van der Waals surface area contributed by atoms with E-state index >= 15 is 0 Å². The summed E-state index contributed by atoms with van der Waals surface area (Å²) in [6.45, 7) is 3.77. The maximum absolute atomic E-state index is 12.0. The van der Waals surface area contributed by atoms with Crippen molar-refractivity contribution in [3.8, 4) is 0 Å². The minimum atomic E-state index is -0.0507. The number of allylic oxidation sites excluding steroid dienone is 2. The molecule has 0 atom stereocenters. The summed E-state index contributed by atoms with van der Waals surface area (Å²) in [4.78, 5) is 12.0. The summed E-state index contributed by atoms with van der Waals surface area (Å²) in [7, 11) is 0. The largest absolute Gasteiger partial charge is 0.325 e. The van der Waals surface area contributed by atoms with Gasteiger partial charge in [-0.2, -0.15) is 0 Å². The molecule has 0 radical (unpaired) electrons. The van der Waals surface area contributed by atoms with E-state index < -0.39 is 0 Å². The van der Waals surface area contributed by atoms with Crippen LogP contribution in [0.1, 0.15) is 25.0 Å². The van der Waals surface area contributed by atoms with E-state index in [1.54, 1.807) is 0 Å². The van der Waals surface area contributed by atoms with Gasteiger partial charge in [0.05, 0.1) is 0 Å². The number of nitrogens with one attached hydrogen (secondary N) is 1. The summed E-state index contributed by atoms with van der Waals surface area (Å²) < 4.78 is 0. The Balaban J connectivity index is 2.22. The minimum absolute atomic E-state index is 0.0169. The van der Waals surface area contributed by atoms with E-state index in [2.05, 4.69) is 5.32 Å². The first-order valence-corrected chi connectivity index (χ1v) is 7.46. The van der Waals surface area contributed by atoms with E-state index in [0.29, 0.717) is 0 Å². The first-order valence-electron chi connectivity index (χ1n) is 7.46. The molecule has 0 saturated heterocycles. The Kier molecular flexibility index (Phi) is 5.73. The molecule has 1 N–H and O–H groups in total. The number of carbonyl (C=O) groups excluding carboxylic acids is 1. The molecule has 0 saturated carbocycles. The summed E-state index contributed by atoms with van der Waals surface area (Å²) in [6, 6.07) is 19.9. The van der Waals surface area contributed by atoms with Gasteiger partial charge in [-0.1, -0.05) is 86.7 Å². The Bertz CT molecular complexity index is 655. The minimum Gasteiger partial charge on any atom is -0.325 e. The Morgan fingerprint density at radius 2 is 1.55 bits per heavy atom. The van der Waals surface area contributed by atoms with Crippen molar-refractivity contribution in [3.63, 3.8) is 0 Å². The maximum Gasteiger partial charge on any atom is 0.226 e. The van der Waals surface area contributed by atoms with Crippen LogP contribution in [0.5, 0.6) is 0 Å². The third kappa shape index (κ3) is 4.74. The van der Waals surface area contributed by atoms with Crippen LogP contribution in [0.25, 0.3) is 11.8 Å². The monoisotopic (exact) mass is 291 g/mol. The molecule has 0 unspecified atom stereocenters.